The van der Waals surface area contributed by atoms with Gasteiger partial charge in [0, 0.05) is 30.9 Å². The molecular weight excluding hydrogens is 373 g/mol. The van der Waals surface area contributed by atoms with Crippen LogP contribution in [0.25, 0.3) is 11.0 Å². The van der Waals surface area contributed by atoms with Gasteiger partial charge in [0.05, 0.1) is 23.7 Å². The number of hydrogen-bond donors (Lipinski definition) is 1. The largest absolute Gasteiger partial charge is 0.435 e. The quantitative estimate of drug-likeness (QED) is 0.724. The number of alkyl halides is 3. The SMILES string of the molecule is Cc1cc(C(F)(F)F)nn1CCNC(=O)c1cc(C2CC2)nc2c1cnn2C. The Morgan fingerprint density at radius 1 is 1.32 bits per heavy atom. The predicted octanol–water partition coefficient (Wildman–Crippen LogP) is 2.80. The van der Waals surface area contributed by atoms with Gasteiger partial charge in [-0.05, 0) is 31.9 Å². The summed E-state index contributed by atoms with van der Waals surface area (Å²) >= 11 is 0. The van der Waals surface area contributed by atoms with Crippen LogP contribution in [0.15, 0.2) is 18.3 Å². The van der Waals surface area contributed by atoms with Gasteiger partial charge in [-0.15, -0.1) is 0 Å². The molecule has 1 N–H and O–H groups in total. The van der Waals surface area contributed by atoms with E-state index in [0.29, 0.717) is 28.2 Å². The van der Waals surface area contributed by atoms with Crippen molar-refractivity contribution in [3.8, 4) is 0 Å². The highest BCUT2D eigenvalue weighted by molar-refractivity contribution is 6.05. The highest BCUT2D eigenvalue weighted by Gasteiger charge is 2.34. The molecule has 10 heteroatoms. The molecule has 3 aromatic heterocycles. The molecule has 1 saturated carbocycles. The van der Waals surface area contributed by atoms with Crippen molar-refractivity contribution >= 4 is 16.9 Å². The van der Waals surface area contributed by atoms with Crippen molar-refractivity contribution in [3.63, 3.8) is 0 Å². The molecule has 0 saturated heterocycles. The van der Waals surface area contributed by atoms with Crippen molar-refractivity contribution in [2.24, 2.45) is 7.05 Å². The number of aryl methyl sites for hydroxylation is 2. The second-order valence-corrected chi connectivity index (χ2v) is 7.02. The smallest absolute Gasteiger partial charge is 0.350 e. The summed E-state index contributed by atoms with van der Waals surface area (Å²) < 4.78 is 41.1. The van der Waals surface area contributed by atoms with Crippen molar-refractivity contribution < 1.29 is 18.0 Å². The standard InChI is InChI=1S/C18H19F3N6O/c1-10-7-15(18(19,20)21)25-27(10)6-5-22-17(28)12-8-14(11-3-4-11)24-16-13(12)9-23-26(16)2/h7-9,11H,3-6H2,1-2H3,(H,22,28). The average molecular weight is 392 g/mol. The molecule has 1 aliphatic carbocycles. The van der Waals surface area contributed by atoms with E-state index in [1.165, 1.54) is 4.68 Å². The van der Waals surface area contributed by atoms with Gasteiger partial charge in [-0.25, -0.2) is 4.98 Å². The van der Waals surface area contributed by atoms with E-state index in [1.807, 2.05) is 0 Å². The molecule has 0 aromatic carbocycles. The lowest BCUT2D eigenvalue weighted by Gasteiger charge is -2.09. The first-order chi connectivity index (χ1) is 13.2. The molecule has 1 aliphatic rings. The van der Waals surface area contributed by atoms with Crippen LogP contribution in [0.1, 0.15) is 46.2 Å². The first kappa shape index (κ1) is 18.5. The van der Waals surface area contributed by atoms with E-state index in [2.05, 4.69) is 20.5 Å². The van der Waals surface area contributed by atoms with Crippen molar-refractivity contribution in [2.75, 3.05) is 6.54 Å². The van der Waals surface area contributed by atoms with Crippen LogP contribution in [-0.4, -0.2) is 37.0 Å². The van der Waals surface area contributed by atoms with Gasteiger partial charge in [-0.3, -0.25) is 14.2 Å². The van der Waals surface area contributed by atoms with Gasteiger partial charge in [0.25, 0.3) is 5.91 Å². The molecule has 0 radical (unpaired) electrons. The second-order valence-electron chi connectivity index (χ2n) is 7.02. The number of amides is 1. The van der Waals surface area contributed by atoms with E-state index in [4.69, 9.17) is 0 Å². The van der Waals surface area contributed by atoms with Crippen molar-refractivity contribution in [3.05, 3.63) is 41.0 Å². The van der Waals surface area contributed by atoms with Gasteiger partial charge >= 0.3 is 6.18 Å². The number of nitrogens with one attached hydrogen (secondary N) is 1. The van der Waals surface area contributed by atoms with E-state index in [1.54, 1.807) is 30.9 Å². The topological polar surface area (TPSA) is 77.6 Å². The number of nitrogens with zero attached hydrogens (tertiary/aromatic N) is 5. The Balaban J connectivity index is 1.49. The summed E-state index contributed by atoms with van der Waals surface area (Å²) in [5.41, 5.74) is 1.45. The number of hydrogen-bond acceptors (Lipinski definition) is 4. The van der Waals surface area contributed by atoms with Gasteiger partial charge in [0.15, 0.2) is 11.3 Å². The molecule has 28 heavy (non-hydrogen) atoms. The monoisotopic (exact) mass is 392 g/mol. The van der Waals surface area contributed by atoms with E-state index in [0.717, 1.165) is 24.6 Å². The lowest BCUT2D eigenvalue weighted by molar-refractivity contribution is -0.141. The molecule has 0 atom stereocenters. The average Bonchev–Trinajstić information content (AvgIpc) is 3.32. The molecule has 1 fully saturated rings. The Hall–Kier alpha value is -2.91. The number of aromatic nitrogens is 5. The minimum absolute atomic E-state index is 0.143. The first-order valence-corrected chi connectivity index (χ1v) is 8.96. The lowest BCUT2D eigenvalue weighted by atomic mass is 10.1. The Morgan fingerprint density at radius 3 is 2.71 bits per heavy atom. The molecule has 1 amide bonds. The fourth-order valence-corrected chi connectivity index (χ4v) is 3.16. The van der Waals surface area contributed by atoms with Crippen LogP contribution >= 0.6 is 0 Å². The Morgan fingerprint density at radius 2 is 2.07 bits per heavy atom. The fraction of sp³-hybridized carbons (Fsp3) is 0.444. The van der Waals surface area contributed by atoms with Crippen LogP contribution in [-0.2, 0) is 19.8 Å². The zero-order valence-corrected chi connectivity index (χ0v) is 15.4. The molecule has 3 heterocycles. The van der Waals surface area contributed by atoms with Crippen molar-refractivity contribution in [1.29, 1.82) is 0 Å². The lowest BCUT2D eigenvalue weighted by Crippen LogP contribution is -2.28. The van der Waals surface area contributed by atoms with Gasteiger partial charge < -0.3 is 5.32 Å². The van der Waals surface area contributed by atoms with Crippen LogP contribution in [0.3, 0.4) is 0 Å². The summed E-state index contributed by atoms with van der Waals surface area (Å²) in [6.45, 7) is 1.85. The number of rotatable bonds is 5. The summed E-state index contributed by atoms with van der Waals surface area (Å²) in [4.78, 5) is 17.3. The fourth-order valence-electron chi connectivity index (χ4n) is 3.16. The molecular formula is C18H19F3N6O. The summed E-state index contributed by atoms with van der Waals surface area (Å²) in [5.74, 6) is 0.0708. The number of fused-ring (bicyclic) bond motifs is 1. The molecule has 3 aromatic rings. The third-order valence-electron chi connectivity index (χ3n) is 4.85. The highest BCUT2D eigenvalue weighted by Crippen LogP contribution is 2.40. The third-order valence-corrected chi connectivity index (χ3v) is 4.85. The summed E-state index contributed by atoms with van der Waals surface area (Å²) in [7, 11) is 1.77. The first-order valence-electron chi connectivity index (χ1n) is 8.96. The predicted molar refractivity (Wildman–Crippen MR) is 94.8 cm³/mol. The number of carbonyl (C=O) groups excluding carboxylic acids is 1. The van der Waals surface area contributed by atoms with Crippen molar-refractivity contribution in [2.45, 2.75) is 38.4 Å². The minimum Gasteiger partial charge on any atom is -0.350 e. The molecule has 0 aliphatic heterocycles. The summed E-state index contributed by atoms with van der Waals surface area (Å²) in [5, 5.41) is 11.2. The Labute approximate surface area is 158 Å². The highest BCUT2D eigenvalue weighted by atomic mass is 19.4. The Bertz CT molecular complexity index is 1050. The van der Waals surface area contributed by atoms with E-state index in [-0.39, 0.29) is 19.0 Å². The molecule has 0 spiro atoms. The van der Waals surface area contributed by atoms with Crippen LogP contribution < -0.4 is 5.32 Å². The normalized spacial score (nSPS) is 14.6. The summed E-state index contributed by atoms with van der Waals surface area (Å²) in [6.07, 6.45) is -0.780. The molecule has 0 bridgehead atoms. The van der Waals surface area contributed by atoms with E-state index in [9.17, 15) is 18.0 Å². The van der Waals surface area contributed by atoms with Gasteiger partial charge in [0.2, 0.25) is 0 Å². The van der Waals surface area contributed by atoms with Crippen LogP contribution in [0.5, 0.6) is 0 Å². The molecule has 148 valence electrons. The zero-order chi connectivity index (χ0) is 20.1. The van der Waals surface area contributed by atoms with Crippen LogP contribution in [0.4, 0.5) is 13.2 Å². The maximum Gasteiger partial charge on any atom is 0.435 e. The van der Waals surface area contributed by atoms with Gasteiger partial charge in [-0.1, -0.05) is 0 Å². The van der Waals surface area contributed by atoms with Crippen LogP contribution in [0.2, 0.25) is 0 Å². The summed E-state index contributed by atoms with van der Waals surface area (Å²) in [6, 6.07) is 2.78. The van der Waals surface area contributed by atoms with E-state index >= 15 is 0 Å². The minimum atomic E-state index is -4.48. The Kier molecular flexibility index (Phi) is 4.35. The zero-order valence-electron chi connectivity index (χ0n) is 15.4. The molecule has 4 rings (SSSR count). The van der Waals surface area contributed by atoms with Crippen molar-refractivity contribution in [1.82, 2.24) is 29.9 Å². The van der Waals surface area contributed by atoms with E-state index < -0.39 is 11.9 Å². The molecule has 7 nitrogen and oxygen atoms in total. The molecule has 0 unspecified atom stereocenters. The van der Waals surface area contributed by atoms with Gasteiger partial charge in [0.1, 0.15) is 0 Å². The number of halogens is 3. The third kappa shape index (κ3) is 3.46. The second kappa shape index (κ2) is 6.61. The van der Waals surface area contributed by atoms with Crippen LogP contribution in [0, 0.1) is 6.92 Å². The maximum absolute atomic E-state index is 12.8. The number of carbonyl (C=O) groups is 1. The number of pyridine rings is 1. The maximum atomic E-state index is 12.8. The van der Waals surface area contributed by atoms with Gasteiger partial charge in [-0.2, -0.15) is 23.4 Å².